The molecule has 5 heteroatoms. The van der Waals surface area contributed by atoms with E-state index in [1.54, 1.807) is 6.07 Å². The molecule has 0 amide bonds. The second kappa shape index (κ2) is 4.74. The highest BCUT2D eigenvalue weighted by molar-refractivity contribution is 5.50. The van der Waals surface area contributed by atoms with E-state index in [9.17, 15) is 8.78 Å². The number of pyridine rings is 1. The van der Waals surface area contributed by atoms with Gasteiger partial charge >= 0.3 is 0 Å². The predicted molar refractivity (Wildman–Crippen MR) is 52.5 cm³/mol. The van der Waals surface area contributed by atoms with Gasteiger partial charge in [-0.15, -0.1) is 0 Å². The van der Waals surface area contributed by atoms with Crippen molar-refractivity contribution in [1.29, 1.82) is 0 Å². The van der Waals surface area contributed by atoms with Crippen molar-refractivity contribution in [3.63, 3.8) is 0 Å². The van der Waals surface area contributed by atoms with E-state index in [0.29, 0.717) is 11.5 Å². The van der Waals surface area contributed by atoms with Gasteiger partial charge in [-0.05, 0) is 18.6 Å². The van der Waals surface area contributed by atoms with Gasteiger partial charge in [0.15, 0.2) is 0 Å². The summed E-state index contributed by atoms with van der Waals surface area (Å²) in [5.74, 6) is 0.581. The summed E-state index contributed by atoms with van der Waals surface area (Å²) in [5, 5.41) is 2.80. The normalized spacial score (nSPS) is 10.6. The van der Waals surface area contributed by atoms with Crippen LogP contribution >= 0.6 is 0 Å². The van der Waals surface area contributed by atoms with Gasteiger partial charge in [0.1, 0.15) is 5.82 Å². The molecular weight excluding hydrogens is 188 g/mol. The average Bonchev–Trinajstić information content (AvgIpc) is 2.10. The van der Waals surface area contributed by atoms with Crippen LogP contribution in [-0.4, -0.2) is 18.0 Å². The molecule has 0 unspecified atom stereocenters. The third-order valence-corrected chi connectivity index (χ3v) is 1.82. The van der Waals surface area contributed by atoms with E-state index in [0.717, 1.165) is 5.56 Å². The summed E-state index contributed by atoms with van der Waals surface area (Å²) in [6.07, 6.45) is -0.942. The molecule has 0 aliphatic rings. The minimum Gasteiger partial charge on any atom is -0.397 e. The second-order valence-corrected chi connectivity index (χ2v) is 3.03. The van der Waals surface area contributed by atoms with Crippen molar-refractivity contribution in [2.24, 2.45) is 0 Å². The maximum atomic E-state index is 11.8. The highest BCUT2D eigenvalue weighted by Gasteiger charge is 2.02. The lowest BCUT2D eigenvalue weighted by Crippen LogP contribution is -2.07. The summed E-state index contributed by atoms with van der Waals surface area (Å²) in [7, 11) is 0. The molecule has 1 heterocycles. The highest BCUT2D eigenvalue weighted by atomic mass is 19.3. The van der Waals surface area contributed by atoms with Crippen molar-refractivity contribution in [3.05, 3.63) is 17.8 Å². The van der Waals surface area contributed by atoms with Crippen LogP contribution in [0.2, 0.25) is 0 Å². The van der Waals surface area contributed by atoms with Crippen LogP contribution in [0.15, 0.2) is 12.3 Å². The zero-order chi connectivity index (χ0) is 10.6. The molecular formula is C9H13F2N3. The molecule has 0 bridgehead atoms. The maximum absolute atomic E-state index is 11.8. The molecule has 0 radical (unpaired) electrons. The van der Waals surface area contributed by atoms with Gasteiger partial charge in [-0.3, -0.25) is 0 Å². The van der Waals surface area contributed by atoms with Gasteiger partial charge in [-0.25, -0.2) is 13.8 Å². The van der Waals surface area contributed by atoms with E-state index in [1.807, 2.05) is 6.92 Å². The molecule has 0 aliphatic carbocycles. The monoisotopic (exact) mass is 201 g/mol. The molecule has 0 aliphatic heterocycles. The first kappa shape index (κ1) is 10.7. The van der Waals surface area contributed by atoms with E-state index in [1.165, 1.54) is 6.20 Å². The lowest BCUT2D eigenvalue weighted by Gasteiger charge is -2.06. The Kier molecular flexibility index (Phi) is 3.62. The number of nitrogens with one attached hydrogen (secondary N) is 1. The van der Waals surface area contributed by atoms with E-state index in [4.69, 9.17) is 5.73 Å². The zero-order valence-electron chi connectivity index (χ0n) is 7.93. The van der Waals surface area contributed by atoms with E-state index in [2.05, 4.69) is 10.3 Å². The van der Waals surface area contributed by atoms with Gasteiger partial charge < -0.3 is 11.1 Å². The van der Waals surface area contributed by atoms with Gasteiger partial charge in [-0.1, -0.05) is 0 Å². The Balaban J connectivity index is 2.47. The van der Waals surface area contributed by atoms with Crippen LogP contribution in [0.5, 0.6) is 0 Å². The maximum Gasteiger partial charge on any atom is 0.240 e. The number of anilines is 2. The number of nitrogens with zero attached hydrogens (tertiary/aromatic N) is 1. The fourth-order valence-corrected chi connectivity index (χ4v) is 0.973. The number of halogens is 2. The molecule has 0 spiro atoms. The molecule has 0 aromatic carbocycles. The zero-order valence-corrected chi connectivity index (χ0v) is 7.93. The number of nitrogen functional groups attached to an aromatic ring is 1. The van der Waals surface area contributed by atoms with Gasteiger partial charge in [-0.2, -0.15) is 0 Å². The molecule has 1 aromatic rings. The first-order chi connectivity index (χ1) is 6.59. The number of hydrogen-bond donors (Lipinski definition) is 2. The Morgan fingerprint density at radius 1 is 1.57 bits per heavy atom. The van der Waals surface area contributed by atoms with Crippen LogP contribution < -0.4 is 11.1 Å². The number of hydrogen-bond acceptors (Lipinski definition) is 3. The van der Waals surface area contributed by atoms with Crippen LogP contribution in [-0.2, 0) is 0 Å². The van der Waals surface area contributed by atoms with Gasteiger partial charge in [0, 0.05) is 13.0 Å². The Bertz CT molecular complexity index is 302. The third kappa shape index (κ3) is 3.16. The molecule has 78 valence electrons. The first-order valence-electron chi connectivity index (χ1n) is 4.33. The summed E-state index contributed by atoms with van der Waals surface area (Å²) >= 11 is 0. The second-order valence-electron chi connectivity index (χ2n) is 3.03. The molecule has 3 N–H and O–H groups in total. The number of aromatic nitrogens is 1. The van der Waals surface area contributed by atoms with Crippen LogP contribution in [0.25, 0.3) is 0 Å². The van der Waals surface area contributed by atoms with E-state index >= 15 is 0 Å². The summed E-state index contributed by atoms with van der Waals surface area (Å²) in [6, 6.07) is 1.74. The lowest BCUT2D eigenvalue weighted by atomic mass is 10.2. The highest BCUT2D eigenvalue weighted by Crippen LogP contribution is 2.13. The van der Waals surface area contributed by atoms with Gasteiger partial charge in [0.05, 0.1) is 11.9 Å². The summed E-state index contributed by atoms with van der Waals surface area (Å²) in [4.78, 5) is 3.95. The van der Waals surface area contributed by atoms with Crippen molar-refractivity contribution in [2.45, 2.75) is 19.8 Å². The SMILES string of the molecule is Cc1cc(NCCC(F)F)ncc1N. The largest absolute Gasteiger partial charge is 0.397 e. The van der Waals surface area contributed by atoms with Crippen molar-refractivity contribution in [3.8, 4) is 0 Å². The summed E-state index contributed by atoms with van der Waals surface area (Å²) in [6.45, 7) is 2.06. The predicted octanol–water partition coefficient (Wildman–Crippen LogP) is 2.04. The molecule has 0 saturated carbocycles. The van der Waals surface area contributed by atoms with E-state index < -0.39 is 6.43 Å². The standard InChI is InChI=1S/C9H13F2N3/c1-6-4-9(14-5-7(6)12)13-3-2-8(10)11/h4-5,8H,2-3,12H2,1H3,(H,13,14). The molecule has 3 nitrogen and oxygen atoms in total. The number of nitrogens with two attached hydrogens (primary N) is 1. The van der Waals surface area contributed by atoms with Crippen molar-refractivity contribution >= 4 is 11.5 Å². The number of aryl methyl sites for hydroxylation is 1. The van der Waals surface area contributed by atoms with Crippen molar-refractivity contribution in [2.75, 3.05) is 17.6 Å². The Labute approximate surface area is 81.3 Å². The average molecular weight is 201 g/mol. The van der Waals surface area contributed by atoms with Crippen LogP contribution in [0, 0.1) is 6.92 Å². The molecule has 14 heavy (non-hydrogen) atoms. The minimum atomic E-state index is -2.28. The lowest BCUT2D eigenvalue weighted by molar-refractivity contribution is 0.142. The summed E-state index contributed by atoms with van der Waals surface area (Å²) < 4.78 is 23.6. The Morgan fingerprint density at radius 3 is 2.86 bits per heavy atom. The smallest absolute Gasteiger partial charge is 0.240 e. The van der Waals surface area contributed by atoms with E-state index in [-0.39, 0.29) is 13.0 Å². The van der Waals surface area contributed by atoms with Crippen molar-refractivity contribution in [1.82, 2.24) is 4.98 Å². The van der Waals surface area contributed by atoms with Crippen LogP contribution in [0.4, 0.5) is 20.3 Å². The van der Waals surface area contributed by atoms with Crippen LogP contribution in [0.1, 0.15) is 12.0 Å². The Hall–Kier alpha value is -1.39. The molecule has 1 aromatic heterocycles. The molecule has 1 rings (SSSR count). The fraction of sp³-hybridized carbons (Fsp3) is 0.444. The van der Waals surface area contributed by atoms with Crippen molar-refractivity contribution < 1.29 is 8.78 Å². The quantitative estimate of drug-likeness (QED) is 0.783. The minimum absolute atomic E-state index is 0.175. The number of alkyl halides is 2. The third-order valence-electron chi connectivity index (χ3n) is 1.82. The Morgan fingerprint density at radius 2 is 2.29 bits per heavy atom. The fourth-order valence-electron chi connectivity index (χ4n) is 0.973. The molecule has 0 fully saturated rings. The summed E-state index contributed by atoms with van der Waals surface area (Å²) in [5.41, 5.74) is 7.05. The molecule has 0 atom stereocenters. The topological polar surface area (TPSA) is 50.9 Å². The van der Waals surface area contributed by atoms with Crippen LogP contribution in [0.3, 0.4) is 0 Å². The van der Waals surface area contributed by atoms with Gasteiger partial charge in [0.2, 0.25) is 6.43 Å². The van der Waals surface area contributed by atoms with Gasteiger partial charge in [0.25, 0.3) is 0 Å². The first-order valence-corrected chi connectivity index (χ1v) is 4.33. The molecule has 0 saturated heterocycles. The number of rotatable bonds is 4.